The van der Waals surface area contributed by atoms with E-state index in [1.54, 1.807) is 24.9 Å². The number of benzene rings is 2. The smallest absolute Gasteiger partial charge is 0.295 e. The average molecular weight is 582 g/mol. The summed E-state index contributed by atoms with van der Waals surface area (Å²) in [5, 5.41) is 22.5. The molecule has 2 N–H and O–H groups in total. The number of carbonyl (C=O) groups excluding carboxylic acids is 1. The number of ether oxygens (including phenoxy) is 1. The SMILES string of the molecule is Cc1nnc(N[C@H](C)c2cccc(C(F)(F)CO)c2)c2cc3c(cc12)C(C)(OCI)C(=O)N3C. The summed E-state index contributed by atoms with van der Waals surface area (Å²) >= 11 is 2.08. The standard InChI is InChI=1S/C24H25F2IN4O3/c1-13(15-6-5-7-16(8-15)24(25,26)11-32)28-21-18-10-20-19(9-17(18)14(2)29-30-21)23(3,34-12-27)22(33)31(20)4/h5-10,13,32H,11-12H2,1-4H3,(H,28,30)/t13-,23?/m1/s1. The molecule has 7 nitrogen and oxygen atoms in total. The van der Waals surface area contributed by atoms with Gasteiger partial charge in [-0.2, -0.15) is 13.9 Å². The maximum atomic E-state index is 14.0. The third-order valence-corrected chi connectivity index (χ3v) is 6.68. The topological polar surface area (TPSA) is 87.6 Å². The Morgan fingerprint density at radius 2 is 2.00 bits per heavy atom. The summed E-state index contributed by atoms with van der Waals surface area (Å²) in [5.41, 5.74) is 1.44. The molecule has 1 aliphatic heterocycles. The van der Waals surface area contributed by atoms with Crippen LogP contribution >= 0.6 is 22.6 Å². The number of aliphatic hydroxyl groups excluding tert-OH is 1. The molecule has 1 aromatic heterocycles. The monoisotopic (exact) mass is 582 g/mol. The quantitative estimate of drug-likeness (QED) is 0.308. The van der Waals surface area contributed by atoms with Crippen molar-refractivity contribution in [2.75, 3.05) is 28.5 Å². The van der Waals surface area contributed by atoms with E-state index in [1.807, 2.05) is 26.0 Å². The summed E-state index contributed by atoms with van der Waals surface area (Å²) in [7, 11) is 1.71. The van der Waals surface area contributed by atoms with Crippen LogP contribution in [0.5, 0.6) is 0 Å². The van der Waals surface area contributed by atoms with Gasteiger partial charge in [0.1, 0.15) is 6.61 Å². The minimum absolute atomic E-state index is 0.155. The molecule has 0 bridgehead atoms. The number of fused-ring (bicyclic) bond motifs is 2. The second-order valence-corrected chi connectivity index (χ2v) is 9.18. The van der Waals surface area contributed by atoms with Gasteiger partial charge in [0.25, 0.3) is 11.8 Å². The Hall–Kier alpha value is -2.44. The molecular formula is C24H25F2IN4O3. The van der Waals surface area contributed by atoms with E-state index < -0.39 is 18.1 Å². The molecule has 10 heteroatoms. The van der Waals surface area contributed by atoms with E-state index in [0.29, 0.717) is 21.7 Å². The number of rotatable bonds is 7. The molecule has 1 unspecified atom stereocenters. The molecule has 0 aliphatic carbocycles. The van der Waals surface area contributed by atoms with E-state index in [4.69, 9.17) is 9.84 Å². The van der Waals surface area contributed by atoms with Gasteiger partial charge in [0.15, 0.2) is 11.4 Å². The van der Waals surface area contributed by atoms with Gasteiger partial charge in [-0.1, -0.05) is 40.8 Å². The van der Waals surface area contributed by atoms with Crippen molar-refractivity contribution in [2.45, 2.75) is 38.3 Å². The van der Waals surface area contributed by atoms with Crippen molar-refractivity contribution in [3.63, 3.8) is 0 Å². The summed E-state index contributed by atoms with van der Waals surface area (Å²) in [5.74, 6) is -3.01. The number of aryl methyl sites for hydroxylation is 1. The zero-order chi connectivity index (χ0) is 24.8. The first-order valence-electron chi connectivity index (χ1n) is 10.7. The number of nitrogens with one attached hydrogen (secondary N) is 1. The maximum Gasteiger partial charge on any atom is 0.295 e. The maximum absolute atomic E-state index is 14.0. The molecule has 180 valence electrons. The first-order chi connectivity index (χ1) is 16.0. The predicted octanol–water partition coefficient (Wildman–Crippen LogP) is 4.80. The van der Waals surface area contributed by atoms with E-state index in [0.717, 1.165) is 22.0 Å². The van der Waals surface area contributed by atoms with Gasteiger partial charge in [0, 0.05) is 28.9 Å². The summed E-state index contributed by atoms with van der Waals surface area (Å²) < 4.78 is 34.2. The molecule has 4 rings (SSSR count). The van der Waals surface area contributed by atoms with Crippen LogP contribution in [0.4, 0.5) is 20.3 Å². The first kappa shape index (κ1) is 24.7. The number of amides is 1. The minimum Gasteiger partial charge on any atom is -0.390 e. The average Bonchev–Trinajstić information content (AvgIpc) is 3.01. The van der Waals surface area contributed by atoms with Gasteiger partial charge in [-0.25, -0.2) is 0 Å². The Kier molecular flexibility index (Phi) is 6.51. The molecule has 2 heterocycles. The largest absolute Gasteiger partial charge is 0.390 e. The number of aliphatic hydroxyl groups is 1. The fourth-order valence-corrected chi connectivity index (χ4v) is 4.91. The van der Waals surface area contributed by atoms with Crippen molar-refractivity contribution in [3.05, 3.63) is 58.8 Å². The minimum atomic E-state index is -3.32. The van der Waals surface area contributed by atoms with Crippen LogP contribution in [-0.2, 0) is 21.1 Å². The Morgan fingerprint density at radius 1 is 1.26 bits per heavy atom. The molecule has 0 saturated carbocycles. The molecular weight excluding hydrogens is 557 g/mol. The van der Waals surface area contributed by atoms with Crippen molar-refractivity contribution in [1.82, 2.24) is 10.2 Å². The fourth-order valence-electron chi connectivity index (χ4n) is 4.29. The second-order valence-electron chi connectivity index (χ2n) is 8.55. The van der Waals surface area contributed by atoms with E-state index in [9.17, 15) is 13.6 Å². The number of aromatic nitrogens is 2. The molecule has 34 heavy (non-hydrogen) atoms. The highest BCUT2D eigenvalue weighted by atomic mass is 127. The van der Waals surface area contributed by atoms with Crippen LogP contribution in [0.2, 0.25) is 0 Å². The van der Waals surface area contributed by atoms with E-state index in [1.165, 1.54) is 18.2 Å². The number of hydrogen-bond acceptors (Lipinski definition) is 6. The first-order valence-corrected chi connectivity index (χ1v) is 12.2. The predicted molar refractivity (Wildman–Crippen MR) is 134 cm³/mol. The Labute approximate surface area is 209 Å². The lowest BCUT2D eigenvalue weighted by molar-refractivity contribution is -0.137. The second kappa shape index (κ2) is 8.97. The van der Waals surface area contributed by atoms with E-state index in [2.05, 4.69) is 38.1 Å². The molecule has 3 aromatic rings. The van der Waals surface area contributed by atoms with Crippen LogP contribution < -0.4 is 10.2 Å². The Morgan fingerprint density at radius 3 is 2.68 bits per heavy atom. The number of alkyl halides is 3. The Bertz CT molecular complexity index is 1270. The van der Waals surface area contributed by atoms with Crippen LogP contribution in [0.15, 0.2) is 36.4 Å². The number of likely N-dealkylation sites (N-methyl/N-ethyl adjacent to an activating group) is 1. The molecule has 2 aromatic carbocycles. The van der Waals surface area contributed by atoms with Crippen molar-refractivity contribution in [2.24, 2.45) is 0 Å². The summed E-state index contributed by atoms with van der Waals surface area (Å²) in [6.07, 6.45) is 0. The number of hydrogen-bond donors (Lipinski definition) is 2. The summed E-state index contributed by atoms with van der Waals surface area (Å²) in [6, 6.07) is 9.35. The summed E-state index contributed by atoms with van der Waals surface area (Å²) in [4.78, 5) is 14.6. The molecule has 2 atom stereocenters. The number of nitrogens with zero attached hydrogens (tertiary/aromatic N) is 3. The van der Waals surface area contributed by atoms with Gasteiger partial charge in [0.05, 0.1) is 22.0 Å². The third-order valence-electron chi connectivity index (χ3n) is 6.37. The highest BCUT2D eigenvalue weighted by Gasteiger charge is 2.47. The zero-order valence-electron chi connectivity index (χ0n) is 19.2. The molecule has 0 radical (unpaired) electrons. The molecule has 0 saturated heterocycles. The Balaban J connectivity index is 1.77. The molecule has 0 spiro atoms. The number of anilines is 2. The highest BCUT2D eigenvalue weighted by molar-refractivity contribution is 14.1. The van der Waals surface area contributed by atoms with Crippen molar-refractivity contribution >= 4 is 50.8 Å². The van der Waals surface area contributed by atoms with Gasteiger partial charge < -0.3 is 20.1 Å². The van der Waals surface area contributed by atoms with Crippen LogP contribution in [0.3, 0.4) is 0 Å². The molecule has 1 aliphatic rings. The van der Waals surface area contributed by atoms with Crippen LogP contribution in [0.25, 0.3) is 10.8 Å². The van der Waals surface area contributed by atoms with E-state index in [-0.39, 0.29) is 17.5 Å². The lowest BCUT2D eigenvalue weighted by atomic mass is 9.94. The number of carbonyl (C=O) groups is 1. The highest BCUT2D eigenvalue weighted by Crippen LogP contribution is 2.45. The summed E-state index contributed by atoms with van der Waals surface area (Å²) in [6.45, 7) is 4.18. The zero-order valence-corrected chi connectivity index (χ0v) is 21.4. The fraction of sp³-hybridized carbons (Fsp3) is 0.375. The number of halogens is 3. The van der Waals surface area contributed by atoms with Crippen molar-refractivity contribution in [3.8, 4) is 0 Å². The van der Waals surface area contributed by atoms with Gasteiger partial charge in [-0.3, -0.25) is 4.79 Å². The molecule has 1 amide bonds. The van der Waals surface area contributed by atoms with Crippen LogP contribution in [0, 0.1) is 6.92 Å². The van der Waals surface area contributed by atoms with E-state index >= 15 is 0 Å². The molecule has 0 fully saturated rings. The van der Waals surface area contributed by atoms with Crippen molar-refractivity contribution < 1.29 is 23.4 Å². The lowest BCUT2D eigenvalue weighted by Crippen LogP contribution is -2.38. The third kappa shape index (κ3) is 4.01. The van der Waals surface area contributed by atoms with Crippen molar-refractivity contribution in [1.29, 1.82) is 0 Å². The lowest BCUT2D eigenvalue weighted by Gasteiger charge is -2.23. The van der Waals surface area contributed by atoms with Gasteiger partial charge in [0.2, 0.25) is 0 Å². The van der Waals surface area contributed by atoms with Gasteiger partial charge in [-0.05, 0) is 44.5 Å². The van der Waals surface area contributed by atoms with Crippen LogP contribution in [-0.4, -0.2) is 39.5 Å². The van der Waals surface area contributed by atoms with Crippen LogP contribution in [0.1, 0.15) is 42.3 Å². The van der Waals surface area contributed by atoms with Gasteiger partial charge >= 0.3 is 0 Å². The normalized spacial score (nSPS) is 18.9. The van der Waals surface area contributed by atoms with Gasteiger partial charge in [-0.15, -0.1) is 5.10 Å².